The number of alkyl halides is 1. The van der Waals surface area contributed by atoms with E-state index in [1.54, 1.807) is 0 Å². The molecular weight excluding hydrogens is 305 g/mol. The molecule has 2 atom stereocenters. The Labute approximate surface area is 113 Å². The number of hydrogen-bond donors (Lipinski definition) is 2. The summed E-state index contributed by atoms with van der Waals surface area (Å²) < 4.78 is 0.957. The van der Waals surface area contributed by atoms with Crippen molar-refractivity contribution in [1.29, 1.82) is 0 Å². The second kappa shape index (κ2) is 4.96. The Kier molecular flexibility index (Phi) is 3.76. The fourth-order valence-electron chi connectivity index (χ4n) is 2.18. The number of carbonyl (C=O) groups is 1. The summed E-state index contributed by atoms with van der Waals surface area (Å²) in [5, 5.41) is 12.2. The lowest BCUT2D eigenvalue weighted by molar-refractivity contribution is -0.119. The van der Waals surface area contributed by atoms with E-state index in [-0.39, 0.29) is 24.3 Å². The monoisotopic (exact) mass is 317 g/mol. The minimum atomic E-state index is -0.440. The van der Waals surface area contributed by atoms with Gasteiger partial charge in [0, 0.05) is 17.0 Å². The first-order chi connectivity index (χ1) is 8.12. The first kappa shape index (κ1) is 12.9. The van der Waals surface area contributed by atoms with Crippen LogP contribution in [0.2, 0.25) is 0 Å². The van der Waals surface area contributed by atoms with Gasteiger partial charge in [-0.05, 0) is 24.1 Å². The van der Waals surface area contributed by atoms with Gasteiger partial charge in [-0.25, -0.2) is 0 Å². The summed E-state index contributed by atoms with van der Waals surface area (Å²) >= 11 is 8.92. The van der Waals surface area contributed by atoms with Gasteiger partial charge < -0.3 is 10.4 Å². The minimum absolute atomic E-state index is 0.0616. The van der Waals surface area contributed by atoms with Crippen LogP contribution in [-0.2, 0) is 10.3 Å². The molecule has 0 radical (unpaired) electrons. The van der Waals surface area contributed by atoms with Crippen LogP contribution >= 0.6 is 27.5 Å². The van der Waals surface area contributed by atoms with E-state index in [0.717, 1.165) is 16.5 Å². The zero-order chi connectivity index (χ0) is 12.5. The fraction of sp³-hybridized carbons (Fsp3) is 0.417. The van der Waals surface area contributed by atoms with Gasteiger partial charge >= 0.3 is 0 Å². The quantitative estimate of drug-likeness (QED) is 0.834. The summed E-state index contributed by atoms with van der Waals surface area (Å²) in [4.78, 5) is 11.5. The van der Waals surface area contributed by atoms with Gasteiger partial charge in [0.15, 0.2) is 0 Å². The number of halogens is 2. The Bertz CT molecular complexity index is 440. The molecule has 2 rings (SSSR count). The van der Waals surface area contributed by atoms with E-state index < -0.39 is 5.54 Å². The molecule has 1 fully saturated rings. The SMILES string of the molecule is O=C(CCl)N[C@@]1(c2cccc(Br)c2)C[C@H]1CO. The highest BCUT2D eigenvalue weighted by molar-refractivity contribution is 9.10. The van der Waals surface area contributed by atoms with Crippen molar-refractivity contribution < 1.29 is 9.90 Å². The smallest absolute Gasteiger partial charge is 0.235 e. The second-order valence-corrected chi connectivity index (χ2v) is 5.43. The van der Waals surface area contributed by atoms with Gasteiger partial charge in [0.05, 0.1) is 5.54 Å². The first-order valence-electron chi connectivity index (χ1n) is 5.36. The molecule has 3 nitrogen and oxygen atoms in total. The molecule has 2 N–H and O–H groups in total. The third-order valence-electron chi connectivity index (χ3n) is 3.15. The molecule has 17 heavy (non-hydrogen) atoms. The molecule has 1 aliphatic carbocycles. The minimum Gasteiger partial charge on any atom is -0.396 e. The maximum Gasteiger partial charge on any atom is 0.235 e. The van der Waals surface area contributed by atoms with E-state index in [1.807, 2.05) is 24.3 Å². The molecule has 92 valence electrons. The largest absolute Gasteiger partial charge is 0.396 e. The van der Waals surface area contributed by atoms with E-state index >= 15 is 0 Å². The van der Waals surface area contributed by atoms with Crippen molar-refractivity contribution in [3.8, 4) is 0 Å². The number of aliphatic hydroxyl groups excluding tert-OH is 1. The molecule has 1 aliphatic rings. The summed E-state index contributed by atoms with van der Waals surface area (Å²) in [7, 11) is 0. The number of benzene rings is 1. The van der Waals surface area contributed by atoms with Crippen molar-refractivity contribution in [2.24, 2.45) is 5.92 Å². The van der Waals surface area contributed by atoms with Crippen LogP contribution in [0, 0.1) is 5.92 Å². The van der Waals surface area contributed by atoms with Crippen molar-refractivity contribution in [2.45, 2.75) is 12.0 Å². The Balaban J connectivity index is 2.27. The van der Waals surface area contributed by atoms with Gasteiger partial charge in [-0.1, -0.05) is 28.1 Å². The van der Waals surface area contributed by atoms with Crippen LogP contribution in [-0.4, -0.2) is 23.5 Å². The topological polar surface area (TPSA) is 49.3 Å². The molecule has 0 heterocycles. The summed E-state index contributed by atoms with van der Waals surface area (Å²) in [6.07, 6.45) is 0.753. The van der Waals surface area contributed by atoms with Crippen LogP contribution in [0.15, 0.2) is 28.7 Å². The zero-order valence-corrected chi connectivity index (χ0v) is 11.5. The highest BCUT2D eigenvalue weighted by Crippen LogP contribution is 2.51. The maximum absolute atomic E-state index is 11.5. The van der Waals surface area contributed by atoms with Crippen LogP contribution in [0.25, 0.3) is 0 Å². The van der Waals surface area contributed by atoms with Crippen LogP contribution in [0.5, 0.6) is 0 Å². The highest BCUT2D eigenvalue weighted by atomic mass is 79.9. The third-order valence-corrected chi connectivity index (χ3v) is 3.89. The van der Waals surface area contributed by atoms with E-state index in [0.29, 0.717) is 0 Å². The van der Waals surface area contributed by atoms with E-state index in [2.05, 4.69) is 21.2 Å². The number of amides is 1. The maximum atomic E-state index is 11.5. The average Bonchev–Trinajstić information content (AvgIpc) is 3.04. The third kappa shape index (κ3) is 2.49. The normalized spacial score (nSPS) is 26.6. The summed E-state index contributed by atoms with van der Waals surface area (Å²) in [5.41, 5.74) is 0.564. The summed E-state index contributed by atoms with van der Waals surface area (Å²) in [6, 6.07) is 7.76. The van der Waals surface area contributed by atoms with Crippen molar-refractivity contribution in [1.82, 2.24) is 5.32 Å². The Morgan fingerprint density at radius 2 is 2.41 bits per heavy atom. The number of hydrogen-bond acceptors (Lipinski definition) is 2. The molecule has 0 aliphatic heterocycles. The van der Waals surface area contributed by atoms with Gasteiger partial charge in [0.25, 0.3) is 0 Å². The van der Waals surface area contributed by atoms with Gasteiger partial charge in [-0.15, -0.1) is 11.6 Å². The number of rotatable bonds is 4. The van der Waals surface area contributed by atoms with Gasteiger partial charge in [0.2, 0.25) is 5.91 Å². The summed E-state index contributed by atoms with van der Waals surface area (Å²) in [6.45, 7) is 0.0646. The van der Waals surface area contributed by atoms with Crippen molar-refractivity contribution >= 4 is 33.4 Å². The van der Waals surface area contributed by atoms with E-state index in [1.165, 1.54) is 0 Å². The van der Waals surface area contributed by atoms with Crippen molar-refractivity contribution in [2.75, 3.05) is 12.5 Å². The van der Waals surface area contributed by atoms with Crippen molar-refractivity contribution in [3.63, 3.8) is 0 Å². The number of aliphatic hydroxyl groups is 1. The molecule has 1 saturated carbocycles. The lowest BCUT2D eigenvalue weighted by atomic mass is 10.0. The van der Waals surface area contributed by atoms with Gasteiger partial charge in [-0.3, -0.25) is 4.79 Å². The highest BCUT2D eigenvalue weighted by Gasteiger charge is 2.55. The van der Waals surface area contributed by atoms with Crippen LogP contribution < -0.4 is 5.32 Å². The molecular formula is C12H13BrClNO2. The molecule has 0 spiro atoms. The molecule has 0 aromatic heterocycles. The number of nitrogens with one attached hydrogen (secondary N) is 1. The van der Waals surface area contributed by atoms with Crippen LogP contribution in [0.3, 0.4) is 0 Å². The first-order valence-corrected chi connectivity index (χ1v) is 6.69. The van der Waals surface area contributed by atoms with Gasteiger partial charge in [-0.2, -0.15) is 0 Å². The Morgan fingerprint density at radius 3 is 2.94 bits per heavy atom. The standard InChI is InChI=1S/C12H13BrClNO2/c13-10-3-1-2-8(4-10)12(5-9(12)7-16)15-11(17)6-14/h1-4,9,16H,5-7H2,(H,15,17)/t9-,12+/m0/s1. The lowest BCUT2D eigenvalue weighted by Crippen LogP contribution is -2.37. The molecule has 0 unspecified atom stereocenters. The molecule has 1 aromatic rings. The molecule has 0 saturated heterocycles. The average molecular weight is 319 g/mol. The number of carbonyl (C=O) groups excluding carboxylic acids is 1. The van der Waals surface area contributed by atoms with Gasteiger partial charge in [0.1, 0.15) is 5.88 Å². The fourth-order valence-corrected chi connectivity index (χ4v) is 2.64. The molecule has 1 aromatic carbocycles. The Hall–Kier alpha value is -0.580. The van der Waals surface area contributed by atoms with E-state index in [4.69, 9.17) is 11.6 Å². The second-order valence-electron chi connectivity index (χ2n) is 4.25. The van der Waals surface area contributed by atoms with Crippen LogP contribution in [0.1, 0.15) is 12.0 Å². The van der Waals surface area contributed by atoms with Crippen LogP contribution in [0.4, 0.5) is 0 Å². The molecule has 0 bridgehead atoms. The predicted molar refractivity (Wildman–Crippen MR) is 69.9 cm³/mol. The molecule has 1 amide bonds. The Morgan fingerprint density at radius 1 is 1.65 bits per heavy atom. The summed E-state index contributed by atoms with van der Waals surface area (Å²) in [5.74, 6) is -0.194. The zero-order valence-electron chi connectivity index (χ0n) is 9.12. The van der Waals surface area contributed by atoms with E-state index in [9.17, 15) is 9.90 Å². The van der Waals surface area contributed by atoms with Crippen molar-refractivity contribution in [3.05, 3.63) is 34.3 Å². The molecule has 5 heteroatoms. The predicted octanol–water partition coefficient (Wildman–Crippen LogP) is 2.01. The lowest BCUT2D eigenvalue weighted by Gasteiger charge is -2.19.